The van der Waals surface area contributed by atoms with Crippen LogP contribution < -0.4 is 0 Å². The zero-order chi connectivity index (χ0) is 22.3. The average Bonchev–Trinajstić information content (AvgIpc) is 2.70. The van der Waals surface area contributed by atoms with Gasteiger partial charge < -0.3 is 8.61 Å². The molecule has 0 saturated carbocycles. The van der Waals surface area contributed by atoms with Gasteiger partial charge in [-0.25, -0.2) is 16.8 Å². The molecule has 0 atom stereocenters. The van der Waals surface area contributed by atoms with Gasteiger partial charge in [0.25, 0.3) is 0 Å². The number of halogens is 6. The lowest BCUT2D eigenvalue weighted by Crippen LogP contribution is -2.45. The number of hydrogen-bond donors (Lipinski definition) is 0. The van der Waals surface area contributed by atoms with E-state index in [9.17, 15) is 43.2 Å². The van der Waals surface area contributed by atoms with Crippen molar-refractivity contribution in [2.24, 2.45) is 0 Å². The van der Waals surface area contributed by atoms with Crippen LogP contribution in [-0.2, 0) is 20.0 Å². The summed E-state index contributed by atoms with van der Waals surface area (Å²) in [5.74, 6) is 0. The highest BCUT2D eigenvalue weighted by Crippen LogP contribution is 2.36. The molecule has 0 aromatic rings. The highest BCUT2D eigenvalue weighted by atomic mass is 32.3. The molecular formula is C14H26F6N2O4S2. The van der Waals surface area contributed by atoms with Crippen LogP contribution in [0.2, 0.25) is 0 Å². The van der Waals surface area contributed by atoms with Crippen molar-refractivity contribution in [3.8, 4) is 0 Å². The molecule has 1 fully saturated rings. The SMILES string of the molecule is CCCCC[N+]1(C)CCCCCC1.O=S(=O)([N-]S(=O)(=O)C(F)(F)F)C(F)(F)F. The van der Waals surface area contributed by atoms with E-state index < -0.39 is 31.1 Å². The van der Waals surface area contributed by atoms with Gasteiger partial charge in [-0.2, -0.15) is 26.3 Å². The summed E-state index contributed by atoms with van der Waals surface area (Å²) in [7, 11) is -11.0. The Balaban J connectivity index is 0.000000525. The first-order chi connectivity index (χ1) is 12.5. The van der Waals surface area contributed by atoms with E-state index in [2.05, 4.69) is 14.0 Å². The lowest BCUT2D eigenvalue weighted by molar-refractivity contribution is -0.909. The summed E-state index contributed by atoms with van der Waals surface area (Å²) in [6, 6.07) is 0. The Morgan fingerprint density at radius 1 is 0.786 bits per heavy atom. The van der Waals surface area contributed by atoms with E-state index in [4.69, 9.17) is 0 Å². The van der Waals surface area contributed by atoms with Crippen molar-refractivity contribution < 1.29 is 47.7 Å². The van der Waals surface area contributed by atoms with Gasteiger partial charge in [0.1, 0.15) is 0 Å². The van der Waals surface area contributed by atoms with E-state index in [1.54, 1.807) is 0 Å². The second-order valence-electron chi connectivity index (χ2n) is 6.83. The number of rotatable bonds is 6. The molecular weight excluding hydrogens is 438 g/mol. The highest BCUT2D eigenvalue weighted by molar-refractivity contribution is 8.13. The van der Waals surface area contributed by atoms with Crippen LogP contribution >= 0.6 is 0 Å². The first-order valence-corrected chi connectivity index (χ1v) is 11.6. The number of hydrogen-bond acceptors (Lipinski definition) is 4. The molecule has 0 radical (unpaired) electrons. The van der Waals surface area contributed by atoms with Gasteiger partial charge in [0.15, 0.2) is 20.0 Å². The summed E-state index contributed by atoms with van der Waals surface area (Å²) in [4.78, 5) is 0. The molecule has 0 aromatic heterocycles. The van der Waals surface area contributed by atoms with Crippen LogP contribution in [0.15, 0.2) is 0 Å². The molecule has 14 heteroatoms. The molecule has 0 aromatic carbocycles. The van der Waals surface area contributed by atoms with Gasteiger partial charge in [-0.05, 0) is 38.5 Å². The van der Waals surface area contributed by atoms with Crippen molar-refractivity contribution in [1.29, 1.82) is 0 Å². The number of likely N-dealkylation sites (tertiary alicyclic amines) is 1. The maximum atomic E-state index is 11.4. The van der Waals surface area contributed by atoms with Gasteiger partial charge in [-0.1, -0.05) is 13.3 Å². The van der Waals surface area contributed by atoms with Crippen LogP contribution in [0.3, 0.4) is 0 Å². The van der Waals surface area contributed by atoms with Crippen LogP contribution in [0.1, 0.15) is 51.9 Å². The van der Waals surface area contributed by atoms with Gasteiger partial charge in [-0.15, -0.1) is 0 Å². The van der Waals surface area contributed by atoms with Crippen LogP contribution in [0.25, 0.3) is 4.13 Å². The Bertz CT molecular complexity index is 625. The van der Waals surface area contributed by atoms with Gasteiger partial charge >= 0.3 is 11.0 Å². The van der Waals surface area contributed by atoms with Gasteiger partial charge in [0.05, 0.1) is 26.7 Å². The minimum Gasteiger partial charge on any atom is -0.421 e. The topological polar surface area (TPSA) is 82.4 Å². The Kier molecular flexibility index (Phi) is 10.2. The van der Waals surface area contributed by atoms with Crippen LogP contribution in [-0.4, -0.2) is 59.0 Å². The van der Waals surface area contributed by atoms with Crippen molar-refractivity contribution >= 4 is 20.0 Å². The van der Waals surface area contributed by atoms with Crippen molar-refractivity contribution in [1.82, 2.24) is 0 Å². The Labute approximate surface area is 162 Å². The monoisotopic (exact) mass is 464 g/mol. The fourth-order valence-electron chi connectivity index (χ4n) is 2.63. The molecule has 1 saturated heterocycles. The summed E-state index contributed by atoms with van der Waals surface area (Å²) in [5, 5.41) is 0. The van der Waals surface area contributed by atoms with Gasteiger partial charge in [0, 0.05) is 0 Å². The molecule has 0 bridgehead atoms. The standard InChI is InChI=1S/C12H26N.C2F6NO4S2/c1-3-4-7-10-13(2)11-8-5-6-9-12-13;3-1(4,5)14(10,11)9-15(12,13)2(6,7)8/h3-12H2,1-2H3;/q+1;-1. The van der Waals surface area contributed by atoms with E-state index in [0.29, 0.717) is 0 Å². The summed E-state index contributed by atoms with van der Waals surface area (Å²) in [5.41, 5.74) is -12.4. The van der Waals surface area contributed by atoms with E-state index in [-0.39, 0.29) is 0 Å². The maximum absolute atomic E-state index is 11.4. The predicted octanol–water partition coefficient (Wildman–Crippen LogP) is 4.26. The molecule has 28 heavy (non-hydrogen) atoms. The molecule has 0 aliphatic carbocycles. The van der Waals surface area contributed by atoms with Crippen LogP contribution in [0.4, 0.5) is 26.3 Å². The molecule has 1 heterocycles. The average molecular weight is 464 g/mol. The summed E-state index contributed by atoms with van der Waals surface area (Å²) in [6.07, 6.45) is 10.1. The molecule has 6 nitrogen and oxygen atoms in total. The van der Waals surface area contributed by atoms with Gasteiger partial charge in [-0.3, -0.25) is 0 Å². The molecule has 1 aliphatic rings. The first kappa shape index (κ1) is 27.4. The second kappa shape index (κ2) is 10.4. The van der Waals surface area contributed by atoms with Crippen molar-refractivity contribution in [3.63, 3.8) is 0 Å². The smallest absolute Gasteiger partial charge is 0.421 e. The lowest BCUT2D eigenvalue weighted by Gasteiger charge is -2.33. The Hall–Kier alpha value is -0.600. The minimum absolute atomic E-state index is 0.778. The summed E-state index contributed by atoms with van der Waals surface area (Å²) in [6.45, 7) is 6.59. The fraction of sp³-hybridized carbons (Fsp3) is 1.00. The Morgan fingerprint density at radius 2 is 1.18 bits per heavy atom. The van der Waals surface area contributed by atoms with E-state index in [1.807, 2.05) is 0 Å². The maximum Gasteiger partial charge on any atom is 0.480 e. The normalized spacial score (nSPS) is 18.7. The molecule has 1 aliphatic heterocycles. The zero-order valence-electron chi connectivity index (χ0n) is 15.7. The van der Waals surface area contributed by atoms with Crippen LogP contribution in [0, 0.1) is 0 Å². The number of quaternary nitrogens is 1. The number of nitrogens with zero attached hydrogens (tertiary/aromatic N) is 2. The minimum atomic E-state index is -6.72. The first-order valence-electron chi connectivity index (χ1n) is 8.68. The number of alkyl halides is 6. The number of unbranched alkanes of at least 4 members (excludes halogenated alkanes) is 2. The third kappa shape index (κ3) is 9.27. The zero-order valence-corrected chi connectivity index (χ0v) is 17.3. The second-order valence-corrected chi connectivity index (χ2v) is 10.3. The molecule has 170 valence electrons. The highest BCUT2D eigenvalue weighted by Gasteiger charge is 2.46. The van der Waals surface area contributed by atoms with E-state index >= 15 is 0 Å². The fourth-order valence-corrected chi connectivity index (χ4v) is 4.34. The summed E-state index contributed by atoms with van der Waals surface area (Å²) < 4.78 is 111. The largest absolute Gasteiger partial charge is 0.480 e. The van der Waals surface area contributed by atoms with E-state index in [0.717, 1.165) is 4.13 Å². The summed E-state index contributed by atoms with van der Waals surface area (Å²) >= 11 is 0. The molecule has 0 amide bonds. The predicted molar refractivity (Wildman–Crippen MR) is 92.1 cm³/mol. The number of sulfonamides is 2. The lowest BCUT2D eigenvalue weighted by atomic mass is 10.2. The van der Waals surface area contributed by atoms with E-state index in [1.165, 1.54) is 69.1 Å². The molecule has 1 rings (SSSR count). The Morgan fingerprint density at radius 3 is 1.50 bits per heavy atom. The molecule has 0 spiro atoms. The quantitative estimate of drug-likeness (QED) is 0.334. The van der Waals surface area contributed by atoms with Crippen molar-refractivity contribution in [3.05, 3.63) is 4.13 Å². The third-order valence-corrected chi connectivity index (χ3v) is 6.97. The molecule has 0 N–H and O–H groups in total. The van der Waals surface area contributed by atoms with Gasteiger partial charge in [0.2, 0.25) is 0 Å². The van der Waals surface area contributed by atoms with Crippen molar-refractivity contribution in [2.45, 2.75) is 62.9 Å². The molecule has 0 unspecified atom stereocenters. The van der Waals surface area contributed by atoms with Crippen molar-refractivity contribution in [2.75, 3.05) is 26.7 Å². The van der Waals surface area contributed by atoms with Crippen LogP contribution in [0.5, 0.6) is 0 Å². The third-order valence-electron chi connectivity index (χ3n) is 4.23.